The molecular formula is C22H25Cl2N5OS. The summed E-state index contributed by atoms with van der Waals surface area (Å²) in [7, 11) is 0. The number of nitrogens with two attached hydrogens (primary N) is 1. The van der Waals surface area contributed by atoms with Gasteiger partial charge in [0.05, 0.1) is 27.7 Å². The van der Waals surface area contributed by atoms with E-state index in [2.05, 4.69) is 34.9 Å². The molecule has 1 spiro atoms. The van der Waals surface area contributed by atoms with Crippen molar-refractivity contribution >= 4 is 46.4 Å². The van der Waals surface area contributed by atoms with Crippen molar-refractivity contribution in [2.24, 2.45) is 11.1 Å². The van der Waals surface area contributed by atoms with Crippen LogP contribution in [0.25, 0.3) is 5.65 Å². The fourth-order valence-corrected chi connectivity index (χ4v) is 6.23. The number of pyridine rings is 1. The Morgan fingerprint density at radius 1 is 1.26 bits per heavy atom. The molecule has 164 valence electrons. The molecular weight excluding hydrogens is 453 g/mol. The molecule has 31 heavy (non-hydrogen) atoms. The highest BCUT2D eigenvalue weighted by atomic mass is 35.5. The third-order valence-corrected chi connectivity index (χ3v) is 8.93. The number of halogens is 2. The average molecular weight is 478 g/mol. The number of hydrogen-bond donors (Lipinski definition) is 1. The topological polar surface area (TPSA) is 68.7 Å². The Labute approximate surface area is 196 Å². The summed E-state index contributed by atoms with van der Waals surface area (Å²) in [6.07, 6.45) is 3.77. The Bertz CT molecular complexity index is 1130. The van der Waals surface area contributed by atoms with Gasteiger partial charge >= 0.3 is 0 Å². The number of benzene rings is 1. The molecule has 2 aliphatic rings. The highest BCUT2D eigenvalue weighted by Gasteiger charge is 2.47. The van der Waals surface area contributed by atoms with Crippen molar-refractivity contribution < 1.29 is 4.74 Å². The molecule has 2 saturated heterocycles. The van der Waals surface area contributed by atoms with Gasteiger partial charge in [-0.1, -0.05) is 41.0 Å². The van der Waals surface area contributed by atoms with Crippen LogP contribution in [0.5, 0.6) is 0 Å². The maximum absolute atomic E-state index is 6.49. The molecule has 2 atom stereocenters. The first-order valence-electron chi connectivity index (χ1n) is 10.5. The average Bonchev–Trinajstić information content (AvgIpc) is 3.35. The van der Waals surface area contributed by atoms with Crippen molar-refractivity contribution in [3.8, 4) is 0 Å². The zero-order chi connectivity index (χ0) is 21.8. The Morgan fingerprint density at radius 3 is 2.74 bits per heavy atom. The zero-order valence-corrected chi connectivity index (χ0v) is 19.8. The number of fused-ring (bicyclic) bond motifs is 1. The summed E-state index contributed by atoms with van der Waals surface area (Å²) in [6, 6.07) is 7.96. The minimum absolute atomic E-state index is 0.0889. The van der Waals surface area contributed by atoms with Crippen molar-refractivity contribution in [3.05, 3.63) is 46.2 Å². The van der Waals surface area contributed by atoms with Crippen molar-refractivity contribution in [2.45, 2.75) is 48.6 Å². The normalized spacial score (nSPS) is 23.2. The lowest BCUT2D eigenvalue weighted by Crippen LogP contribution is -2.51. The Kier molecular flexibility index (Phi) is 5.59. The minimum Gasteiger partial charge on any atom is -0.376 e. The summed E-state index contributed by atoms with van der Waals surface area (Å²) >= 11 is 14.2. The van der Waals surface area contributed by atoms with Gasteiger partial charge < -0.3 is 15.4 Å². The van der Waals surface area contributed by atoms with Gasteiger partial charge in [-0.15, -0.1) is 0 Å². The molecule has 0 aliphatic carbocycles. The molecule has 0 bridgehead atoms. The first-order valence-corrected chi connectivity index (χ1v) is 12.0. The predicted octanol–water partition coefficient (Wildman–Crippen LogP) is 4.83. The summed E-state index contributed by atoms with van der Waals surface area (Å²) in [6.45, 7) is 6.79. The Balaban J connectivity index is 1.45. The number of aryl methyl sites for hydroxylation is 1. The van der Waals surface area contributed by atoms with Crippen LogP contribution in [0.2, 0.25) is 10.0 Å². The molecule has 0 amide bonds. The van der Waals surface area contributed by atoms with Gasteiger partial charge in [-0.3, -0.25) is 0 Å². The molecule has 4 heterocycles. The van der Waals surface area contributed by atoms with E-state index in [0.29, 0.717) is 10.0 Å². The lowest BCUT2D eigenvalue weighted by molar-refractivity contribution is 0.0974. The van der Waals surface area contributed by atoms with Gasteiger partial charge in [0.15, 0.2) is 5.65 Å². The number of hydrogen-bond acceptors (Lipinski definition) is 6. The molecule has 2 fully saturated rings. The van der Waals surface area contributed by atoms with E-state index in [0.717, 1.165) is 59.4 Å². The molecule has 5 rings (SSSR count). The van der Waals surface area contributed by atoms with Gasteiger partial charge in [0.25, 0.3) is 0 Å². The molecule has 0 radical (unpaired) electrons. The number of anilines is 1. The Morgan fingerprint density at radius 2 is 2.03 bits per heavy atom. The molecule has 2 unspecified atom stereocenters. The zero-order valence-electron chi connectivity index (χ0n) is 17.5. The van der Waals surface area contributed by atoms with Gasteiger partial charge in [0.2, 0.25) is 0 Å². The fourth-order valence-electron chi connectivity index (χ4n) is 4.74. The van der Waals surface area contributed by atoms with E-state index >= 15 is 0 Å². The van der Waals surface area contributed by atoms with Crippen LogP contribution in [0.4, 0.5) is 5.82 Å². The second kappa shape index (κ2) is 8.12. The molecule has 6 nitrogen and oxygen atoms in total. The molecule has 3 aromatic rings. The van der Waals surface area contributed by atoms with Crippen LogP contribution in [0.15, 0.2) is 40.4 Å². The van der Waals surface area contributed by atoms with E-state index < -0.39 is 0 Å². The van der Waals surface area contributed by atoms with Crippen LogP contribution in [0.1, 0.15) is 25.3 Å². The summed E-state index contributed by atoms with van der Waals surface area (Å²) in [4.78, 5) is 8.88. The van der Waals surface area contributed by atoms with E-state index in [1.54, 1.807) is 24.2 Å². The summed E-state index contributed by atoms with van der Waals surface area (Å²) in [5.74, 6) is 1.06. The van der Waals surface area contributed by atoms with Crippen LogP contribution in [-0.4, -0.2) is 46.4 Å². The monoisotopic (exact) mass is 477 g/mol. The fraction of sp³-hybridized carbons (Fsp3) is 0.455. The van der Waals surface area contributed by atoms with E-state index in [1.807, 2.05) is 16.6 Å². The molecule has 1 aromatic carbocycles. The van der Waals surface area contributed by atoms with Crippen LogP contribution in [0.3, 0.4) is 0 Å². The van der Waals surface area contributed by atoms with Crippen LogP contribution in [0, 0.1) is 12.3 Å². The number of ether oxygens (including phenoxy) is 1. The summed E-state index contributed by atoms with van der Waals surface area (Å²) < 4.78 is 7.80. The molecule has 2 aliphatic heterocycles. The van der Waals surface area contributed by atoms with Gasteiger partial charge in [0, 0.05) is 29.4 Å². The van der Waals surface area contributed by atoms with Crippen LogP contribution < -0.4 is 10.6 Å². The second-order valence-electron chi connectivity index (χ2n) is 8.56. The molecule has 9 heteroatoms. The van der Waals surface area contributed by atoms with E-state index in [1.165, 1.54) is 0 Å². The minimum atomic E-state index is 0.0889. The molecule has 0 saturated carbocycles. The van der Waals surface area contributed by atoms with Crippen LogP contribution >= 0.6 is 35.0 Å². The van der Waals surface area contributed by atoms with E-state index in [-0.39, 0.29) is 17.6 Å². The standard InChI is InChI=1S/C22H25Cl2N5OS/c1-13-10-17(28-8-6-22(7-9-28)11-30-14(2)20(22)25)29-21(26-12-27-29)19(13)31-16-5-3-4-15(23)18(16)24/h3-5,10,12,14,20H,6-9,11,25H2,1-2H3. The third-order valence-electron chi connectivity index (χ3n) is 6.73. The van der Waals surface area contributed by atoms with Crippen molar-refractivity contribution in [1.29, 1.82) is 0 Å². The first kappa shape index (κ1) is 21.3. The van der Waals surface area contributed by atoms with Gasteiger partial charge in [0.1, 0.15) is 12.1 Å². The number of piperidine rings is 1. The quantitative estimate of drug-likeness (QED) is 0.582. The van der Waals surface area contributed by atoms with Gasteiger partial charge in [-0.2, -0.15) is 9.61 Å². The number of aromatic nitrogens is 3. The number of rotatable bonds is 3. The van der Waals surface area contributed by atoms with Crippen molar-refractivity contribution in [3.63, 3.8) is 0 Å². The van der Waals surface area contributed by atoms with Crippen molar-refractivity contribution in [1.82, 2.24) is 14.6 Å². The molecule has 2 aromatic heterocycles. The lowest BCUT2D eigenvalue weighted by atomic mass is 9.73. The van der Waals surface area contributed by atoms with Crippen LogP contribution in [-0.2, 0) is 4.74 Å². The first-order chi connectivity index (χ1) is 14.9. The highest BCUT2D eigenvalue weighted by Crippen LogP contribution is 2.44. The van der Waals surface area contributed by atoms with Gasteiger partial charge in [-0.05, 0) is 50.5 Å². The maximum Gasteiger partial charge on any atom is 0.171 e. The number of nitrogens with zero attached hydrogens (tertiary/aromatic N) is 4. The Hall–Kier alpha value is -1.51. The van der Waals surface area contributed by atoms with E-state index in [9.17, 15) is 0 Å². The van der Waals surface area contributed by atoms with E-state index in [4.69, 9.17) is 33.7 Å². The molecule has 2 N–H and O–H groups in total. The predicted molar refractivity (Wildman–Crippen MR) is 126 cm³/mol. The summed E-state index contributed by atoms with van der Waals surface area (Å²) in [5.41, 5.74) is 8.54. The maximum atomic E-state index is 6.49. The smallest absolute Gasteiger partial charge is 0.171 e. The lowest BCUT2D eigenvalue weighted by Gasteiger charge is -2.42. The highest BCUT2D eigenvalue weighted by molar-refractivity contribution is 7.99. The summed E-state index contributed by atoms with van der Waals surface area (Å²) in [5, 5.41) is 5.64. The SMILES string of the molecule is Cc1cc(N2CCC3(CC2)COC(C)C3N)n2ncnc2c1Sc1cccc(Cl)c1Cl. The third kappa shape index (κ3) is 3.60. The second-order valence-corrected chi connectivity index (χ2v) is 10.4. The largest absolute Gasteiger partial charge is 0.376 e. The van der Waals surface area contributed by atoms with Gasteiger partial charge in [-0.25, -0.2) is 4.98 Å². The van der Waals surface area contributed by atoms with Crippen molar-refractivity contribution in [2.75, 3.05) is 24.6 Å².